The lowest BCUT2D eigenvalue weighted by atomic mass is 9.81. The Morgan fingerprint density at radius 3 is 2.81 bits per heavy atom. The maximum atomic E-state index is 13.3. The fraction of sp³-hybridized carbons (Fsp3) is 0.619. The van der Waals surface area contributed by atoms with E-state index in [0.29, 0.717) is 32.0 Å². The van der Waals surface area contributed by atoms with Crippen molar-refractivity contribution < 1.29 is 19.4 Å². The molecule has 1 aromatic rings. The molecule has 4 aliphatic rings. The van der Waals surface area contributed by atoms with Gasteiger partial charge in [-0.05, 0) is 31.1 Å². The number of carbonyl (C=O) groups is 2. The summed E-state index contributed by atoms with van der Waals surface area (Å²) in [6.07, 6.45) is 7.99. The number of hydrazine groups is 1. The molecule has 2 saturated heterocycles. The zero-order valence-electron chi connectivity index (χ0n) is 18.1. The van der Waals surface area contributed by atoms with Crippen LogP contribution in [0.4, 0.5) is 5.82 Å². The molecule has 0 spiro atoms. The highest BCUT2D eigenvalue weighted by Crippen LogP contribution is 2.37. The summed E-state index contributed by atoms with van der Waals surface area (Å²) in [5, 5.41) is 18.7. The van der Waals surface area contributed by atoms with Crippen molar-refractivity contribution in [2.24, 2.45) is 5.41 Å². The minimum Gasteiger partial charge on any atom is -0.494 e. The number of fused-ring (bicyclic) bond motifs is 1. The average molecular weight is 444 g/mol. The Balaban J connectivity index is 1.42. The predicted octanol–water partition coefficient (Wildman–Crippen LogP) is 0.458. The summed E-state index contributed by atoms with van der Waals surface area (Å²) in [7, 11) is 0. The number of anilines is 1. The molecule has 1 saturated carbocycles. The Labute approximate surface area is 186 Å². The third-order valence-electron chi connectivity index (χ3n) is 6.60. The minimum atomic E-state index is -0.525. The van der Waals surface area contributed by atoms with Crippen molar-refractivity contribution >= 4 is 17.6 Å². The summed E-state index contributed by atoms with van der Waals surface area (Å²) < 4.78 is 5.52. The van der Waals surface area contributed by atoms with Gasteiger partial charge in [0, 0.05) is 44.6 Å². The molecule has 32 heavy (non-hydrogen) atoms. The first kappa shape index (κ1) is 21.0. The number of ether oxygens (including phenoxy) is 1. The Bertz CT molecular complexity index is 914. The second-order valence-electron chi connectivity index (χ2n) is 9.31. The van der Waals surface area contributed by atoms with Gasteiger partial charge in [0.25, 0.3) is 11.8 Å². The van der Waals surface area contributed by atoms with E-state index in [9.17, 15) is 14.7 Å². The molecule has 4 N–H and O–H groups in total. The van der Waals surface area contributed by atoms with Crippen LogP contribution in [-0.2, 0) is 14.3 Å². The van der Waals surface area contributed by atoms with Crippen LogP contribution in [0.3, 0.4) is 0 Å². The van der Waals surface area contributed by atoms with Crippen LogP contribution in [0.25, 0.3) is 0 Å². The first-order valence-electron chi connectivity index (χ1n) is 11.1. The summed E-state index contributed by atoms with van der Waals surface area (Å²) >= 11 is 0. The second-order valence-corrected chi connectivity index (χ2v) is 9.31. The zero-order valence-corrected chi connectivity index (χ0v) is 18.1. The van der Waals surface area contributed by atoms with Gasteiger partial charge in [-0.25, -0.2) is 15.4 Å². The highest BCUT2D eigenvalue weighted by molar-refractivity contribution is 6.19. The van der Waals surface area contributed by atoms with Gasteiger partial charge in [0.2, 0.25) is 5.88 Å². The van der Waals surface area contributed by atoms with Crippen LogP contribution in [0.2, 0.25) is 0 Å². The molecular weight excluding hydrogens is 414 g/mol. The third kappa shape index (κ3) is 4.09. The summed E-state index contributed by atoms with van der Waals surface area (Å²) in [5.41, 5.74) is 2.84. The van der Waals surface area contributed by atoms with Gasteiger partial charge in [-0.1, -0.05) is 6.92 Å². The second kappa shape index (κ2) is 8.21. The van der Waals surface area contributed by atoms with Gasteiger partial charge in [-0.15, -0.1) is 0 Å². The Morgan fingerprint density at radius 2 is 2.12 bits per heavy atom. The van der Waals surface area contributed by atoms with Crippen molar-refractivity contribution in [1.29, 1.82) is 0 Å². The van der Waals surface area contributed by atoms with E-state index in [2.05, 4.69) is 33.0 Å². The van der Waals surface area contributed by atoms with Crippen molar-refractivity contribution in [3.63, 3.8) is 0 Å². The topological polar surface area (TPSA) is 132 Å². The fourth-order valence-electron chi connectivity index (χ4n) is 4.53. The van der Waals surface area contributed by atoms with Gasteiger partial charge < -0.3 is 25.4 Å². The van der Waals surface area contributed by atoms with Crippen LogP contribution in [0.5, 0.6) is 0 Å². The Kier molecular flexibility index (Phi) is 5.38. The molecule has 2 amide bonds. The zero-order chi connectivity index (χ0) is 22.3. The van der Waals surface area contributed by atoms with Crippen molar-refractivity contribution in [1.82, 2.24) is 30.6 Å². The van der Waals surface area contributed by atoms with Crippen LogP contribution in [-0.4, -0.2) is 74.9 Å². The lowest BCUT2D eigenvalue weighted by molar-refractivity contribution is -0.142. The molecule has 3 fully saturated rings. The van der Waals surface area contributed by atoms with Gasteiger partial charge in [-0.3, -0.25) is 14.6 Å². The lowest BCUT2D eigenvalue weighted by Gasteiger charge is -2.45. The van der Waals surface area contributed by atoms with E-state index in [-0.39, 0.29) is 29.1 Å². The fourth-order valence-corrected chi connectivity index (χ4v) is 4.53. The number of aliphatic hydroxyl groups is 1. The minimum absolute atomic E-state index is 0.0763. The lowest BCUT2D eigenvalue weighted by Crippen LogP contribution is -2.59. The molecule has 172 valence electrons. The standard InChI is InChI=1S/C21H29N7O4/c1-21(4-8-32-9-5-21)12-27-16-10-14(25-15-11-22-6-7-23-15)26-28(16)20(31)17(19(27)30)18(29)24-13-2-3-13/h6-7,11,13-14,16,26,30H,2-5,8-10,12H2,1H3,(H,23,25)(H,24,29). The number of hydrogen-bond acceptors (Lipinski definition) is 9. The van der Waals surface area contributed by atoms with E-state index in [1.165, 1.54) is 5.01 Å². The average Bonchev–Trinajstić information content (AvgIpc) is 3.49. The van der Waals surface area contributed by atoms with E-state index < -0.39 is 18.0 Å². The van der Waals surface area contributed by atoms with E-state index in [4.69, 9.17) is 4.74 Å². The number of aliphatic hydroxyl groups excluding tert-OH is 1. The van der Waals surface area contributed by atoms with E-state index in [1.54, 1.807) is 23.5 Å². The number of rotatable bonds is 6. The van der Waals surface area contributed by atoms with Crippen LogP contribution >= 0.6 is 0 Å². The molecule has 0 radical (unpaired) electrons. The number of aromatic nitrogens is 2. The third-order valence-corrected chi connectivity index (χ3v) is 6.60. The van der Waals surface area contributed by atoms with Gasteiger partial charge >= 0.3 is 0 Å². The predicted molar refractivity (Wildman–Crippen MR) is 114 cm³/mol. The molecule has 1 aromatic heterocycles. The van der Waals surface area contributed by atoms with Crippen LogP contribution in [0.15, 0.2) is 30.0 Å². The quantitative estimate of drug-likeness (QED) is 0.463. The Morgan fingerprint density at radius 1 is 1.34 bits per heavy atom. The van der Waals surface area contributed by atoms with Crippen LogP contribution in [0.1, 0.15) is 39.0 Å². The first-order valence-corrected chi connectivity index (χ1v) is 11.1. The number of amides is 2. The summed E-state index contributed by atoms with van der Waals surface area (Å²) in [4.78, 5) is 36.2. The van der Waals surface area contributed by atoms with E-state index in [0.717, 1.165) is 25.7 Å². The normalized spacial score (nSPS) is 27.3. The number of carbonyl (C=O) groups excluding carboxylic acids is 2. The van der Waals surface area contributed by atoms with E-state index in [1.807, 2.05) is 0 Å². The van der Waals surface area contributed by atoms with Gasteiger partial charge in [0.05, 0.1) is 12.4 Å². The van der Waals surface area contributed by atoms with Gasteiger partial charge in [0.15, 0.2) is 5.57 Å². The SMILES string of the molecule is CC1(CN2C(O)=C(C(=O)NC3CC3)C(=O)N3NC(Nc4cnccn4)CC23)CCOCC1. The van der Waals surface area contributed by atoms with Crippen molar-refractivity contribution in [2.45, 2.75) is 57.4 Å². The number of hydrogen-bond donors (Lipinski definition) is 4. The van der Waals surface area contributed by atoms with Crippen molar-refractivity contribution in [3.05, 3.63) is 30.0 Å². The van der Waals surface area contributed by atoms with Crippen LogP contribution < -0.4 is 16.1 Å². The Hall–Kier alpha value is -2.92. The maximum absolute atomic E-state index is 13.3. The summed E-state index contributed by atoms with van der Waals surface area (Å²) in [6.45, 7) is 3.99. The van der Waals surface area contributed by atoms with Gasteiger partial charge in [0.1, 0.15) is 12.0 Å². The molecule has 2 atom stereocenters. The molecular formula is C21H29N7O4. The molecule has 4 heterocycles. The monoisotopic (exact) mass is 443 g/mol. The molecule has 0 aromatic carbocycles. The maximum Gasteiger partial charge on any atom is 0.281 e. The van der Waals surface area contributed by atoms with E-state index >= 15 is 0 Å². The molecule has 3 aliphatic heterocycles. The smallest absolute Gasteiger partial charge is 0.281 e. The summed E-state index contributed by atoms with van der Waals surface area (Å²) in [5.74, 6) is -0.724. The number of nitrogens with one attached hydrogen (secondary N) is 3. The molecule has 11 heteroatoms. The summed E-state index contributed by atoms with van der Waals surface area (Å²) in [6, 6.07) is 0.0763. The van der Waals surface area contributed by atoms with Gasteiger partial charge in [-0.2, -0.15) is 0 Å². The molecule has 5 rings (SSSR count). The van der Waals surface area contributed by atoms with Crippen molar-refractivity contribution in [3.8, 4) is 0 Å². The molecule has 2 unspecified atom stereocenters. The van der Waals surface area contributed by atoms with Crippen LogP contribution in [0, 0.1) is 5.41 Å². The van der Waals surface area contributed by atoms with Crippen molar-refractivity contribution in [2.75, 3.05) is 25.1 Å². The molecule has 1 aliphatic carbocycles. The molecule has 11 nitrogen and oxygen atoms in total. The highest BCUT2D eigenvalue weighted by Gasteiger charge is 2.49. The number of nitrogens with zero attached hydrogens (tertiary/aromatic N) is 4. The highest BCUT2D eigenvalue weighted by atomic mass is 16.5. The first-order chi connectivity index (χ1) is 15.4. The largest absolute Gasteiger partial charge is 0.494 e. The molecule has 0 bridgehead atoms.